The van der Waals surface area contributed by atoms with E-state index in [-0.39, 0.29) is 28.3 Å². The zero-order valence-electron chi connectivity index (χ0n) is 15.6. The highest BCUT2D eigenvalue weighted by atomic mass is 32.2. The average Bonchev–Trinajstić information content (AvgIpc) is 3.00. The molecular weight excluding hydrogens is 354 g/mol. The van der Waals surface area contributed by atoms with Gasteiger partial charge >= 0.3 is 0 Å². The Morgan fingerprint density at radius 1 is 1.31 bits per heavy atom. The first-order chi connectivity index (χ1) is 12.3. The molecule has 0 saturated carbocycles. The third kappa shape index (κ3) is 4.62. The Bertz CT molecular complexity index is 759. The standard InChI is InChI=1S/C18H27N3O4S/c1-4-21(5-2)26(24,25)16-9-6-8-15(12-16)18(23)19-14(3)13-20-11-7-10-17(20)22/h6,8-9,12,14H,4-5,7,10-11,13H2,1-3H3,(H,19,23)/t14-/m1/s1. The van der Waals surface area contributed by atoms with Crippen molar-refractivity contribution in [3.05, 3.63) is 29.8 Å². The number of hydrogen-bond donors (Lipinski definition) is 1. The van der Waals surface area contributed by atoms with Gasteiger partial charge < -0.3 is 10.2 Å². The minimum Gasteiger partial charge on any atom is -0.348 e. The first-order valence-corrected chi connectivity index (χ1v) is 10.4. The van der Waals surface area contributed by atoms with Crippen molar-refractivity contribution in [3.8, 4) is 0 Å². The average molecular weight is 381 g/mol. The minimum atomic E-state index is -3.61. The van der Waals surface area contributed by atoms with Gasteiger partial charge in [-0.15, -0.1) is 0 Å². The van der Waals surface area contributed by atoms with Gasteiger partial charge in [0.15, 0.2) is 0 Å². The van der Waals surface area contributed by atoms with Gasteiger partial charge in [0.2, 0.25) is 15.9 Å². The van der Waals surface area contributed by atoms with Crippen LogP contribution in [-0.4, -0.2) is 61.7 Å². The van der Waals surface area contributed by atoms with Crippen molar-refractivity contribution in [1.82, 2.24) is 14.5 Å². The number of carbonyl (C=O) groups excluding carboxylic acids is 2. The van der Waals surface area contributed by atoms with Crippen LogP contribution in [0.4, 0.5) is 0 Å². The fourth-order valence-electron chi connectivity index (χ4n) is 3.09. The first-order valence-electron chi connectivity index (χ1n) is 8.98. The van der Waals surface area contributed by atoms with Gasteiger partial charge in [-0.3, -0.25) is 9.59 Å². The molecule has 0 radical (unpaired) electrons. The molecule has 1 atom stereocenters. The lowest BCUT2D eigenvalue weighted by molar-refractivity contribution is -0.127. The van der Waals surface area contributed by atoms with Crippen LogP contribution in [0.5, 0.6) is 0 Å². The Hall–Kier alpha value is -1.93. The maximum atomic E-state index is 12.6. The van der Waals surface area contributed by atoms with Gasteiger partial charge in [0.1, 0.15) is 0 Å². The second-order valence-electron chi connectivity index (χ2n) is 6.43. The molecule has 26 heavy (non-hydrogen) atoms. The molecule has 1 heterocycles. The Kier molecular flexibility index (Phi) is 6.77. The smallest absolute Gasteiger partial charge is 0.251 e. The van der Waals surface area contributed by atoms with E-state index < -0.39 is 10.0 Å². The number of amides is 2. The summed E-state index contributed by atoms with van der Waals surface area (Å²) in [7, 11) is -3.61. The van der Waals surface area contributed by atoms with Crippen molar-refractivity contribution < 1.29 is 18.0 Å². The number of likely N-dealkylation sites (tertiary alicyclic amines) is 1. The number of hydrogen-bond acceptors (Lipinski definition) is 4. The molecule has 1 aromatic carbocycles. The summed E-state index contributed by atoms with van der Waals surface area (Å²) in [5, 5.41) is 2.84. The van der Waals surface area contributed by atoms with Gasteiger partial charge in [0.05, 0.1) is 4.90 Å². The maximum absolute atomic E-state index is 12.6. The molecule has 2 amide bonds. The Labute approximate surface area is 155 Å². The summed E-state index contributed by atoms with van der Waals surface area (Å²) in [4.78, 5) is 26.0. The van der Waals surface area contributed by atoms with Crippen molar-refractivity contribution in [1.29, 1.82) is 0 Å². The minimum absolute atomic E-state index is 0.108. The van der Waals surface area contributed by atoms with Crippen LogP contribution in [0.2, 0.25) is 0 Å². The largest absolute Gasteiger partial charge is 0.348 e. The quantitative estimate of drug-likeness (QED) is 0.738. The molecule has 0 aliphatic carbocycles. The summed E-state index contributed by atoms with van der Waals surface area (Å²) in [5.74, 6) is -0.237. The van der Waals surface area contributed by atoms with E-state index in [1.807, 2.05) is 6.92 Å². The number of carbonyl (C=O) groups is 2. The highest BCUT2D eigenvalue weighted by Crippen LogP contribution is 2.17. The summed E-state index contributed by atoms with van der Waals surface area (Å²) in [6.07, 6.45) is 1.41. The molecule has 8 heteroatoms. The molecule has 1 N–H and O–H groups in total. The van der Waals surface area contributed by atoms with Gasteiger partial charge in [0, 0.05) is 44.2 Å². The van der Waals surface area contributed by atoms with Gasteiger partial charge in [0.25, 0.3) is 5.91 Å². The van der Waals surface area contributed by atoms with Crippen LogP contribution in [0.25, 0.3) is 0 Å². The number of sulfonamides is 1. The number of nitrogens with one attached hydrogen (secondary N) is 1. The van der Waals surface area contributed by atoms with Crippen molar-refractivity contribution in [3.63, 3.8) is 0 Å². The van der Waals surface area contributed by atoms with Gasteiger partial charge in [-0.2, -0.15) is 4.31 Å². The lowest BCUT2D eigenvalue weighted by Gasteiger charge is -2.22. The third-order valence-corrected chi connectivity index (χ3v) is 6.53. The first kappa shape index (κ1) is 20.4. The molecule has 144 valence electrons. The van der Waals surface area contributed by atoms with Crippen LogP contribution in [0.15, 0.2) is 29.2 Å². The highest BCUT2D eigenvalue weighted by molar-refractivity contribution is 7.89. The number of rotatable bonds is 8. The predicted molar refractivity (Wildman–Crippen MR) is 99.3 cm³/mol. The Morgan fingerprint density at radius 2 is 2.00 bits per heavy atom. The molecule has 1 aliphatic rings. The molecule has 0 unspecified atom stereocenters. The van der Waals surface area contributed by atoms with E-state index in [4.69, 9.17) is 0 Å². The van der Waals surface area contributed by atoms with E-state index in [2.05, 4.69) is 5.32 Å². The fraction of sp³-hybridized carbons (Fsp3) is 0.556. The Morgan fingerprint density at radius 3 is 2.58 bits per heavy atom. The Balaban J connectivity index is 2.09. The van der Waals surface area contributed by atoms with Gasteiger partial charge in [-0.25, -0.2) is 8.42 Å². The van der Waals surface area contributed by atoms with Crippen molar-refractivity contribution in [2.75, 3.05) is 26.2 Å². The summed E-state index contributed by atoms with van der Waals surface area (Å²) >= 11 is 0. The number of benzene rings is 1. The van der Waals surface area contributed by atoms with Crippen LogP contribution < -0.4 is 5.32 Å². The van der Waals surface area contributed by atoms with Crippen molar-refractivity contribution in [2.45, 2.75) is 44.6 Å². The summed E-state index contributed by atoms with van der Waals surface area (Å²) in [5.41, 5.74) is 0.290. The van der Waals surface area contributed by atoms with Crippen LogP contribution in [0, 0.1) is 0 Å². The molecule has 1 aliphatic heterocycles. The van der Waals surface area contributed by atoms with E-state index in [0.29, 0.717) is 26.1 Å². The molecule has 2 rings (SSSR count). The highest BCUT2D eigenvalue weighted by Gasteiger charge is 2.24. The van der Waals surface area contributed by atoms with Crippen LogP contribution in [0.3, 0.4) is 0 Å². The van der Waals surface area contributed by atoms with Crippen LogP contribution >= 0.6 is 0 Å². The third-order valence-electron chi connectivity index (χ3n) is 4.48. The second kappa shape index (κ2) is 8.64. The molecule has 1 saturated heterocycles. The van der Waals surface area contributed by atoms with E-state index in [1.165, 1.54) is 16.4 Å². The monoisotopic (exact) mass is 381 g/mol. The molecule has 1 fully saturated rings. The number of nitrogens with zero attached hydrogens (tertiary/aromatic N) is 2. The summed E-state index contributed by atoms with van der Waals surface area (Å²) in [6.45, 7) is 7.31. The van der Waals surface area contributed by atoms with Crippen LogP contribution in [0.1, 0.15) is 44.0 Å². The molecule has 0 aromatic heterocycles. The lowest BCUT2D eigenvalue weighted by Crippen LogP contribution is -2.42. The molecular formula is C18H27N3O4S. The molecule has 0 spiro atoms. The van der Waals surface area contributed by atoms with E-state index in [0.717, 1.165) is 13.0 Å². The normalized spacial score (nSPS) is 16.2. The molecule has 7 nitrogen and oxygen atoms in total. The van der Waals surface area contributed by atoms with Gasteiger partial charge in [-0.05, 0) is 31.5 Å². The SMILES string of the molecule is CCN(CC)S(=O)(=O)c1cccc(C(=O)N[C@H](C)CN2CCCC2=O)c1. The maximum Gasteiger partial charge on any atom is 0.251 e. The fourth-order valence-corrected chi connectivity index (χ4v) is 4.60. The molecule has 0 bridgehead atoms. The topological polar surface area (TPSA) is 86.8 Å². The van der Waals surface area contributed by atoms with E-state index >= 15 is 0 Å². The summed E-state index contributed by atoms with van der Waals surface area (Å²) in [6, 6.07) is 5.84. The van der Waals surface area contributed by atoms with Crippen LogP contribution in [-0.2, 0) is 14.8 Å². The molecule has 1 aromatic rings. The predicted octanol–water partition coefficient (Wildman–Crippen LogP) is 1.46. The van der Waals surface area contributed by atoms with Gasteiger partial charge in [-0.1, -0.05) is 19.9 Å². The second-order valence-corrected chi connectivity index (χ2v) is 8.37. The zero-order chi connectivity index (χ0) is 19.3. The zero-order valence-corrected chi connectivity index (χ0v) is 16.4. The van der Waals surface area contributed by atoms with Crippen molar-refractivity contribution >= 4 is 21.8 Å². The lowest BCUT2D eigenvalue weighted by atomic mass is 10.2. The van der Waals surface area contributed by atoms with E-state index in [9.17, 15) is 18.0 Å². The summed E-state index contributed by atoms with van der Waals surface area (Å²) < 4.78 is 26.6. The van der Waals surface area contributed by atoms with Crippen molar-refractivity contribution in [2.24, 2.45) is 0 Å². The van der Waals surface area contributed by atoms with E-state index in [1.54, 1.807) is 30.9 Å².